The Labute approximate surface area is 188 Å². The lowest BCUT2D eigenvalue weighted by atomic mass is 10.2. The van der Waals surface area contributed by atoms with Gasteiger partial charge in [0.2, 0.25) is 5.13 Å². The Morgan fingerprint density at radius 2 is 1.88 bits per heavy atom. The number of nitrogens with one attached hydrogen (secondary N) is 1. The number of aromatic nitrogens is 1. The fourth-order valence-corrected chi connectivity index (χ4v) is 3.72. The average Bonchev–Trinajstić information content (AvgIpc) is 3.21. The van der Waals surface area contributed by atoms with E-state index in [1.165, 1.54) is 29.7 Å². The van der Waals surface area contributed by atoms with Gasteiger partial charge in [-0.15, -0.1) is 0 Å². The minimum atomic E-state index is -0.456. The van der Waals surface area contributed by atoms with Crippen LogP contribution in [0, 0.1) is 17.0 Å². The van der Waals surface area contributed by atoms with Gasteiger partial charge < -0.3 is 9.47 Å². The first-order valence-electron chi connectivity index (χ1n) is 9.84. The number of hydrazone groups is 1. The fourth-order valence-electron chi connectivity index (χ4n) is 2.90. The van der Waals surface area contributed by atoms with E-state index in [-0.39, 0.29) is 12.3 Å². The van der Waals surface area contributed by atoms with Crippen LogP contribution in [0.4, 0.5) is 10.8 Å². The van der Waals surface area contributed by atoms with Gasteiger partial charge in [-0.2, -0.15) is 5.10 Å². The molecule has 162 valence electrons. The summed E-state index contributed by atoms with van der Waals surface area (Å²) in [5.41, 5.74) is 5.34. The van der Waals surface area contributed by atoms with Crippen LogP contribution < -0.4 is 14.9 Å². The molecule has 0 aliphatic rings. The maximum Gasteiger partial charge on any atom is 0.270 e. The number of para-hydroxylation sites is 1. The van der Waals surface area contributed by atoms with Crippen molar-refractivity contribution in [3.63, 3.8) is 0 Å². The zero-order chi connectivity index (χ0) is 22.3. The van der Waals surface area contributed by atoms with Gasteiger partial charge in [-0.25, -0.2) is 4.98 Å². The van der Waals surface area contributed by atoms with Gasteiger partial charge in [-0.1, -0.05) is 41.2 Å². The predicted octanol–water partition coefficient (Wildman–Crippen LogP) is 5.42. The van der Waals surface area contributed by atoms with Crippen molar-refractivity contribution in [2.24, 2.45) is 5.10 Å². The first-order valence-corrected chi connectivity index (χ1v) is 10.7. The molecule has 0 saturated carbocycles. The van der Waals surface area contributed by atoms with E-state index >= 15 is 0 Å². The summed E-state index contributed by atoms with van der Waals surface area (Å²) in [5.74, 6) is 1.22. The smallest absolute Gasteiger partial charge is 0.270 e. The Bertz CT molecular complexity index is 1220. The number of nitrogens with zero attached hydrogens (tertiary/aromatic N) is 3. The van der Waals surface area contributed by atoms with Gasteiger partial charge in [0.15, 0.2) is 0 Å². The van der Waals surface area contributed by atoms with Crippen LogP contribution in [-0.4, -0.2) is 29.3 Å². The summed E-state index contributed by atoms with van der Waals surface area (Å²) in [6.45, 7) is 2.62. The number of nitro benzene ring substituents is 1. The molecule has 32 heavy (non-hydrogen) atoms. The second-order valence-electron chi connectivity index (χ2n) is 6.85. The number of hydrogen-bond donors (Lipinski definition) is 1. The van der Waals surface area contributed by atoms with E-state index < -0.39 is 4.92 Å². The number of rotatable bonds is 9. The SMILES string of the molecule is Cc1ccc(OCCOc2ccc([N+](=O)[O-])cc2C=NNc2nc3ccccc3s2)cc1. The molecule has 0 bridgehead atoms. The summed E-state index contributed by atoms with van der Waals surface area (Å²) in [7, 11) is 0. The number of thiazole rings is 1. The second-order valence-corrected chi connectivity index (χ2v) is 7.88. The van der Waals surface area contributed by atoms with Crippen LogP contribution in [0.3, 0.4) is 0 Å². The molecule has 1 heterocycles. The number of aryl methyl sites for hydroxylation is 1. The molecule has 0 aliphatic carbocycles. The summed E-state index contributed by atoms with van der Waals surface area (Å²) >= 11 is 1.47. The molecular formula is C23H20N4O4S. The normalized spacial score (nSPS) is 11.0. The van der Waals surface area contributed by atoms with Crippen LogP contribution in [-0.2, 0) is 0 Å². The summed E-state index contributed by atoms with van der Waals surface area (Å²) in [5, 5.41) is 16.0. The van der Waals surface area contributed by atoms with Crippen LogP contribution in [0.1, 0.15) is 11.1 Å². The molecule has 0 fully saturated rings. The Kier molecular flexibility index (Phi) is 6.57. The van der Waals surface area contributed by atoms with E-state index in [9.17, 15) is 10.1 Å². The third-order valence-electron chi connectivity index (χ3n) is 4.49. The number of fused-ring (bicyclic) bond motifs is 1. The molecule has 0 radical (unpaired) electrons. The molecular weight excluding hydrogens is 428 g/mol. The van der Waals surface area contributed by atoms with Crippen molar-refractivity contribution in [1.82, 2.24) is 4.98 Å². The van der Waals surface area contributed by atoms with Gasteiger partial charge in [0.25, 0.3) is 5.69 Å². The highest BCUT2D eigenvalue weighted by molar-refractivity contribution is 7.22. The molecule has 4 rings (SSSR count). The maximum absolute atomic E-state index is 11.2. The standard InChI is InChI=1S/C23H20N4O4S/c1-16-6-9-19(10-7-16)30-12-13-31-21-11-8-18(27(28)29)14-17(21)15-24-26-23-25-20-4-2-3-5-22(20)32-23/h2-11,14-15H,12-13H2,1H3,(H,25,26). The van der Waals surface area contributed by atoms with Gasteiger partial charge in [0.1, 0.15) is 24.7 Å². The Balaban J connectivity index is 1.41. The van der Waals surface area contributed by atoms with Crippen molar-refractivity contribution in [2.75, 3.05) is 18.6 Å². The lowest BCUT2D eigenvalue weighted by Crippen LogP contribution is -2.10. The molecule has 8 nitrogen and oxygen atoms in total. The van der Waals surface area contributed by atoms with Gasteiger partial charge >= 0.3 is 0 Å². The van der Waals surface area contributed by atoms with Crippen molar-refractivity contribution in [3.05, 3.63) is 88.0 Å². The first-order chi connectivity index (χ1) is 15.6. The van der Waals surface area contributed by atoms with E-state index in [1.54, 1.807) is 6.07 Å². The summed E-state index contributed by atoms with van der Waals surface area (Å²) in [6, 6.07) is 19.9. The third kappa shape index (κ3) is 5.38. The van der Waals surface area contributed by atoms with Crippen LogP contribution >= 0.6 is 11.3 Å². The monoisotopic (exact) mass is 448 g/mol. The predicted molar refractivity (Wildman–Crippen MR) is 126 cm³/mol. The van der Waals surface area contributed by atoms with E-state index in [1.807, 2.05) is 55.5 Å². The molecule has 0 spiro atoms. The highest BCUT2D eigenvalue weighted by Crippen LogP contribution is 2.26. The van der Waals surface area contributed by atoms with Crippen molar-refractivity contribution in [1.29, 1.82) is 0 Å². The number of hydrogen-bond acceptors (Lipinski definition) is 8. The van der Waals surface area contributed by atoms with Gasteiger partial charge in [0, 0.05) is 17.7 Å². The minimum Gasteiger partial charge on any atom is -0.490 e. The highest BCUT2D eigenvalue weighted by atomic mass is 32.1. The van der Waals surface area contributed by atoms with E-state index in [0.717, 1.165) is 21.5 Å². The highest BCUT2D eigenvalue weighted by Gasteiger charge is 2.11. The van der Waals surface area contributed by atoms with Crippen LogP contribution in [0.25, 0.3) is 10.2 Å². The summed E-state index contributed by atoms with van der Waals surface area (Å²) in [6.07, 6.45) is 1.48. The number of benzene rings is 3. The molecule has 3 aromatic carbocycles. The molecule has 0 atom stereocenters. The molecule has 0 unspecified atom stereocenters. The number of nitro groups is 1. The van der Waals surface area contributed by atoms with Gasteiger partial charge in [-0.05, 0) is 37.3 Å². The minimum absolute atomic E-state index is 0.0466. The summed E-state index contributed by atoms with van der Waals surface area (Å²) < 4.78 is 12.5. The average molecular weight is 449 g/mol. The topological polar surface area (TPSA) is 98.9 Å². The molecule has 9 heteroatoms. The van der Waals surface area contributed by atoms with E-state index in [4.69, 9.17) is 9.47 Å². The maximum atomic E-state index is 11.2. The van der Waals surface area contributed by atoms with Crippen LogP contribution in [0.2, 0.25) is 0 Å². The van der Waals surface area contributed by atoms with E-state index in [0.29, 0.717) is 23.1 Å². The van der Waals surface area contributed by atoms with Crippen LogP contribution in [0.5, 0.6) is 11.5 Å². The van der Waals surface area contributed by atoms with Crippen molar-refractivity contribution >= 4 is 38.6 Å². The van der Waals surface area contributed by atoms with Gasteiger partial charge in [0.05, 0.1) is 21.4 Å². The summed E-state index contributed by atoms with van der Waals surface area (Å²) in [4.78, 5) is 15.2. The molecule has 0 aliphatic heterocycles. The molecule has 1 N–H and O–H groups in total. The largest absolute Gasteiger partial charge is 0.490 e. The molecule has 1 aromatic heterocycles. The fraction of sp³-hybridized carbons (Fsp3) is 0.130. The quantitative estimate of drug-likeness (QED) is 0.159. The number of anilines is 1. The molecule has 4 aromatic rings. The van der Waals surface area contributed by atoms with Crippen molar-refractivity contribution in [3.8, 4) is 11.5 Å². The van der Waals surface area contributed by atoms with Crippen molar-refractivity contribution in [2.45, 2.75) is 6.92 Å². The Hall–Kier alpha value is -3.98. The second kappa shape index (κ2) is 9.88. The first kappa shape index (κ1) is 21.3. The molecule has 0 saturated heterocycles. The van der Waals surface area contributed by atoms with Crippen LogP contribution in [0.15, 0.2) is 71.8 Å². The molecule has 0 amide bonds. The lowest BCUT2D eigenvalue weighted by molar-refractivity contribution is -0.384. The zero-order valence-corrected chi connectivity index (χ0v) is 18.0. The number of ether oxygens (including phenoxy) is 2. The Morgan fingerprint density at radius 3 is 2.66 bits per heavy atom. The third-order valence-corrected chi connectivity index (χ3v) is 5.43. The zero-order valence-electron chi connectivity index (χ0n) is 17.2. The lowest BCUT2D eigenvalue weighted by Gasteiger charge is -2.10. The van der Waals surface area contributed by atoms with Crippen molar-refractivity contribution < 1.29 is 14.4 Å². The van der Waals surface area contributed by atoms with E-state index in [2.05, 4.69) is 15.5 Å². The van der Waals surface area contributed by atoms with Gasteiger partial charge in [-0.3, -0.25) is 15.5 Å². The number of non-ortho nitro benzene ring substituents is 1. The Morgan fingerprint density at radius 1 is 1.09 bits per heavy atom.